The molecule has 2 aromatic rings. The zero-order valence-electron chi connectivity index (χ0n) is 14.0. The molecule has 2 rings (SSSR count). The Morgan fingerprint density at radius 2 is 2.04 bits per heavy atom. The number of hydrogen-bond acceptors (Lipinski definition) is 4. The maximum Gasteiger partial charge on any atom is 0.257 e. The topological polar surface area (TPSA) is 93.1 Å². The number of hydrogen-bond donors (Lipinski definition) is 2. The number of sulfonamides is 1. The van der Waals surface area contributed by atoms with Crippen LogP contribution in [0.25, 0.3) is 0 Å². The second-order valence-corrected chi connectivity index (χ2v) is 7.49. The Morgan fingerprint density at radius 3 is 2.71 bits per heavy atom. The number of carbonyl (C=O) groups is 1. The summed E-state index contributed by atoms with van der Waals surface area (Å²) in [5.74, 6) is -0.249. The van der Waals surface area contributed by atoms with Crippen LogP contribution in [0.3, 0.4) is 0 Å². The Hall–Kier alpha value is -2.19. The van der Waals surface area contributed by atoms with Gasteiger partial charge in [0.05, 0.1) is 6.20 Å². The number of benzene rings is 1. The summed E-state index contributed by atoms with van der Waals surface area (Å²) in [5.41, 5.74) is 1.73. The first-order chi connectivity index (χ1) is 11.3. The molecule has 0 aliphatic carbocycles. The molecule has 0 radical (unpaired) electrons. The lowest BCUT2D eigenvalue weighted by atomic mass is 10.2. The second-order valence-electron chi connectivity index (χ2n) is 5.77. The van der Waals surface area contributed by atoms with Crippen molar-refractivity contribution >= 4 is 21.6 Å². The highest BCUT2D eigenvalue weighted by atomic mass is 32.2. The molecule has 0 saturated carbocycles. The minimum Gasteiger partial charge on any atom is -0.326 e. The molecule has 0 aliphatic heterocycles. The largest absolute Gasteiger partial charge is 0.326 e. The van der Waals surface area contributed by atoms with Crippen molar-refractivity contribution in [3.05, 3.63) is 42.1 Å². The van der Waals surface area contributed by atoms with Gasteiger partial charge in [-0.2, -0.15) is 5.10 Å². The van der Waals surface area contributed by atoms with Crippen LogP contribution < -0.4 is 10.0 Å². The Balaban J connectivity index is 1.91. The van der Waals surface area contributed by atoms with Crippen LogP contribution in [-0.2, 0) is 14.8 Å². The molecule has 0 spiro atoms. The van der Waals surface area contributed by atoms with Crippen LogP contribution in [0.4, 0.5) is 5.69 Å². The number of carbonyl (C=O) groups excluding carboxylic acids is 1. The van der Waals surface area contributed by atoms with E-state index in [1.54, 1.807) is 6.07 Å². The zero-order chi connectivity index (χ0) is 17.7. The van der Waals surface area contributed by atoms with Gasteiger partial charge >= 0.3 is 0 Å². The molecular formula is C16H22N4O3S. The molecule has 1 aromatic carbocycles. The summed E-state index contributed by atoms with van der Waals surface area (Å²) in [6, 6.07) is 8.79. The van der Waals surface area contributed by atoms with Crippen molar-refractivity contribution in [2.75, 3.05) is 11.9 Å². The predicted octanol–water partition coefficient (Wildman–Crippen LogP) is 2.08. The fraction of sp³-hybridized carbons (Fsp3) is 0.375. The van der Waals surface area contributed by atoms with Gasteiger partial charge in [0.1, 0.15) is 0 Å². The van der Waals surface area contributed by atoms with Crippen LogP contribution in [-0.4, -0.2) is 30.7 Å². The van der Waals surface area contributed by atoms with Crippen molar-refractivity contribution in [3.63, 3.8) is 0 Å². The minimum atomic E-state index is -3.70. The summed E-state index contributed by atoms with van der Waals surface area (Å²) >= 11 is 0. The van der Waals surface area contributed by atoms with Gasteiger partial charge < -0.3 is 5.32 Å². The van der Waals surface area contributed by atoms with Crippen LogP contribution in [0.2, 0.25) is 0 Å². The lowest BCUT2D eigenvalue weighted by Gasteiger charge is -2.12. The lowest BCUT2D eigenvalue weighted by molar-refractivity contribution is -0.116. The molecule has 1 amide bonds. The van der Waals surface area contributed by atoms with Crippen molar-refractivity contribution in [1.29, 1.82) is 0 Å². The number of anilines is 1. The van der Waals surface area contributed by atoms with Gasteiger partial charge in [0.2, 0.25) is 5.91 Å². The third-order valence-electron chi connectivity index (χ3n) is 3.34. The number of nitrogens with zero attached hydrogens (tertiary/aromatic N) is 2. The van der Waals surface area contributed by atoms with Gasteiger partial charge in [-0.05, 0) is 44.5 Å². The van der Waals surface area contributed by atoms with E-state index in [1.807, 2.05) is 39.0 Å². The standard InChI is InChI=1S/C16H22N4O3S/c1-12(2)20-16(8-9-17-20)24(22,23)18-10-7-15(21)19-14-6-4-5-13(3)11-14/h4-6,8-9,11-12,18H,7,10H2,1-3H3,(H,19,21). The van der Waals surface area contributed by atoms with Crippen molar-refractivity contribution in [2.24, 2.45) is 0 Å². The third kappa shape index (κ3) is 4.65. The fourth-order valence-electron chi connectivity index (χ4n) is 2.22. The van der Waals surface area contributed by atoms with E-state index < -0.39 is 10.0 Å². The Bertz CT molecular complexity index is 812. The average Bonchev–Trinajstić information content (AvgIpc) is 2.97. The van der Waals surface area contributed by atoms with Crippen molar-refractivity contribution in [3.8, 4) is 0 Å². The van der Waals surface area contributed by atoms with Gasteiger partial charge in [-0.15, -0.1) is 0 Å². The normalized spacial score (nSPS) is 11.7. The van der Waals surface area contributed by atoms with E-state index in [9.17, 15) is 13.2 Å². The molecule has 1 heterocycles. The summed E-state index contributed by atoms with van der Waals surface area (Å²) in [6.07, 6.45) is 1.49. The average molecular weight is 350 g/mol. The highest BCUT2D eigenvalue weighted by Crippen LogP contribution is 2.13. The number of nitrogens with one attached hydrogen (secondary N) is 2. The summed E-state index contributed by atoms with van der Waals surface area (Å²) in [4.78, 5) is 11.9. The van der Waals surface area contributed by atoms with Crippen LogP contribution in [0, 0.1) is 6.92 Å². The Labute approximate surface area is 142 Å². The van der Waals surface area contributed by atoms with Crippen molar-refractivity contribution in [1.82, 2.24) is 14.5 Å². The number of aryl methyl sites for hydroxylation is 1. The Morgan fingerprint density at radius 1 is 1.29 bits per heavy atom. The molecule has 0 bridgehead atoms. The maximum absolute atomic E-state index is 12.3. The molecule has 130 valence electrons. The fourth-order valence-corrected chi connectivity index (χ4v) is 3.48. The van der Waals surface area contributed by atoms with Gasteiger partial charge in [-0.1, -0.05) is 12.1 Å². The predicted molar refractivity (Wildman–Crippen MR) is 92.2 cm³/mol. The van der Waals surface area contributed by atoms with Crippen LogP contribution in [0.15, 0.2) is 41.6 Å². The molecule has 8 heteroatoms. The third-order valence-corrected chi connectivity index (χ3v) is 4.80. The summed E-state index contributed by atoms with van der Waals surface area (Å²) in [6.45, 7) is 5.65. The molecule has 0 atom stereocenters. The van der Waals surface area contributed by atoms with Crippen LogP contribution in [0.5, 0.6) is 0 Å². The SMILES string of the molecule is Cc1cccc(NC(=O)CCNS(=O)(=O)c2ccnn2C(C)C)c1. The molecule has 24 heavy (non-hydrogen) atoms. The molecule has 0 fully saturated rings. The highest BCUT2D eigenvalue weighted by molar-refractivity contribution is 7.89. The first-order valence-corrected chi connectivity index (χ1v) is 9.17. The van der Waals surface area contributed by atoms with E-state index in [-0.39, 0.29) is 29.9 Å². The number of aromatic nitrogens is 2. The second kappa shape index (κ2) is 7.59. The van der Waals surface area contributed by atoms with Crippen LogP contribution in [0.1, 0.15) is 31.9 Å². The van der Waals surface area contributed by atoms with Gasteiger partial charge in [0.15, 0.2) is 5.03 Å². The molecule has 1 aromatic heterocycles. The van der Waals surface area contributed by atoms with Crippen LogP contribution >= 0.6 is 0 Å². The van der Waals surface area contributed by atoms with E-state index in [0.717, 1.165) is 5.56 Å². The smallest absolute Gasteiger partial charge is 0.257 e. The van der Waals surface area contributed by atoms with E-state index in [2.05, 4.69) is 15.1 Å². The van der Waals surface area contributed by atoms with Crippen molar-refractivity contribution < 1.29 is 13.2 Å². The van der Waals surface area contributed by atoms with E-state index in [1.165, 1.54) is 16.9 Å². The first-order valence-electron chi connectivity index (χ1n) is 7.69. The first kappa shape index (κ1) is 18.2. The monoisotopic (exact) mass is 350 g/mol. The summed E-state index contributed by atoms with van der Waals surface area (Å²) in [7, 11) is -3.70. The minimum absolute atomic E-state index is 0.0171. The van der Waals surface area contributed by atoms with Gasteiger partial charge in [0.25, 0.3) is 10.0 Å². The zero-order valence-corrected chi connectivity index (χ0v) is 14.8. The number of amides is 1. The molecule has 7 nitrogen and oxygen atoms in total. The van der Waals surface area contributed by atoms with Gasteiger partial charge in [-0.3, -0.25) is 9.48 Å². The molecular weight excluding hydrogens is 328 g/mol. The maximum atomic E-state index is 12.3. The van der Waals surface area contributed by atoms with Gasteiger partial charge in [0, 0.05) is 24.7 Å². The van der Waals surface area contributed by atoms with Gasteiger partial charge in [-0.25, -0.2) is 13.1 Å². The van der Waals surface area contributed by atoms with Crippen molar-refractivity contribution in [2.45, 2.75) is 38.3 Å². The number of rotatable bonds is 7. The quantitative estimate of drug-likeness (QED) is 0.799. The molecule has 0 unspecified atom stereocenters. The summed E-state index contributed by atoms with van der Waals surface area (Å²) in [5, 5.41) is 6.84. The lowest BCUT2D eigenvalue weighted by Crippen LogP contribution is -2.30. The Kier molecular flexibility index (Phi) is 5.74. The van der Waals surface area contributed by atoms with E-state index in [0.29, 0.717) is 5.69 Å². The summed E-state index contributed by atoms with van der Waals surface area (Å²) < 4.78 is 28.5. The van der Waals surface area contributed by atoms with E-state index >= 15 is 0 Å². The highest BCUT2D eigenvalue weighted by Gasteiger charge is 2.20. The van der Waals surface area contributed by atoms with E-state index in [4.69, 9.17) is 0 Å². The molecule has 0 aliphatic rings. The molecule has 0 saturated heterocycles. The molecule has 2 N–H and O–H groups in total.